The summed E-state index contributed by atoms with van der Waals surface area (Å²) in [6, 6.07) is 0. The van der Waals surface area contributed by atoms with Crippen LogP contribution in [0.25, 0.3) is 0 Å². The van der Waals surface area contributed by atoms with E-state index in [9.17, 15) is 10.2 Å². The smallest absolute Gasteiger partial charge is 0.0892 e. The van der Waals surface area contributed by atoms with Gasteiger partial charge in [0.05, 0.1) is 35.6 Å². The second-order valence-electron chi connectivity index (χ2n) is 12.8. The zero-order valence-electron chi connectivity index (χ0n) is 22.1. The molecule has 0 spiro atoms. The molecule has 0 bridgehead atoms. The van der Waals surface area contributed by atoms with Crippen LogP contribution in [0.15, 0.2) is 47.6 Å². The number of hydrogen-bond acceptors (Lipinski definition) is 4. The topological polar surface area (TPSA) is 65.5 Å². The van der Waals surface area contributed by atoms with Gasteiger partial charge in [0.1, 0.15) is 0 Å². The summed E-state index contributed by atoms with van der Waals surface area (Å²) in [5, 5.41) is 21.3. The maximum atomic E-state index is 10.7. The molecule has 190 valence electrons. The summed E-state index contributed by atoms with van der Waals surface area (Å²) in [4.78, 5) is 0. The summed E-state index contributed by atoms with van der Waals surface area (Å²) in [6.07, 6.45) is 20.6. The van der Waals surface area contributed by atoms with Crippen LogP contribution in [0.4, 0.5) is 0 Å². The number of aliphatic hydroxyl groups excluding tert-OH is 2. The van der Waals surface area contributed by atoms with Gasteiger partial charge in [0.2, 0.25) is 0 Å². The van der Waals surface area contributed by atoms with Crippen molar-refractivity contribution in [1.29, 1.82) is 0 Å². The van der Waals surface area contributed by atoms with Crippen molar-refractivity contribution in [3.8, 4) is 0 Å². The quantitative estimate of drug-likeness (QED) is 0.311. The molecule has 2 N–H and O–H groups in total. The maximum Gasteiger partial charge on any atom is 0.0892 e. The monoisotopic (exact) mass is 470 g/mol. The van der Waals surface area contributed by atoms with Gasteiger partial charge in [-0.1, -0.05) is 61.4 Å². The number of aliphatic hydroxyl groups is 2. The Balaban J connectivity index is 1.34. The number of rotatable bonds is 9. The molecule has 2 fully saturated rings. The third-order valence-corrected chi connectivity index (χ3v) is 8.92. The molecule has 0 aromatic heterocycles. The van der Waals surface area contributed by atoms with Crippen LogP contribution in [-0.4, -0.2) is 45.8 Å². The predicted octanol–water partition coefficient (Wildman–Crippen LogP) is 6.19. The summed E-state index contributed by atoms with van der Waals surface area (Å²) in [7, 11) is 0. The first-order chi connectivity index (χ1) is 15.8. The van der Waals surface area contributed by atoms with Crippen molar-refractivity contribution in [3.63, 3.8) is 0 Å². The third kappa shape index (κ3) is 5.95. The number of hydrogen-bond donors (Lipinski definition) is 2. The highest BCUT2D eigenvalue weighted by Gasteiger charge is 2.49. The Kier molecular flexibility index (Phi) is 7.12. The van der Waals surface area contributed by atoms with E-state index in [1.165, 1.54) is 11.1 Å². The first kappa shape index (κ1) is 25.9. The lowest BCUT2D eigenvalue weighted by Crippen LogP contribution is -2.34. The van der Waals surface area contributed by atoms with Crippen molar-refractivity contribution in [2.45, 2.75) is 129 Å². The molecule has 4 nitrogen and oxygen atoms in total. The number of ether oxygens (including phenoxy) is 2. The maximum absolute atomic E-state index is 10.7. The van der Waals surface area contributed by atoms with Gasteiger partial charge in [-0.25, -0.2) is 0 Å². The summed E-state index contributed by atoms with van der Waals surface area (Å²) < 4.78 is 11.5. The lowest BCUT2D eigenvalue weighted by Gasteiger charge is -2.36. The van der Waals surface area contributed by atoms with Gasteiger partial charge < -0.3 is 19.7 Å². The molecule has 2 heterocycles. The van der Waals surface area contributed by atoms with Gasteiger partial charge in [-0.15, -0.1) is 0 Å². The molecule has 2 saturated heterocycles. The largest absolute Gasteiger partial charge is 0.392 e. The molecule has 2 aliphatic carbocycles. The zero-order valence-corrected chi connectivity index (χ0v) is 22.1. The fourth-order valence-electron chi connectivity index (χ4n) is 5.91. The van der Waals surface area contributed by atoms with E-state index in [0.29, 0.717) is 12.2 Å². The SMILES string of the molecule is CC1(C)OC1CC[C@]1(C)C=C(/C=C/C=C/C2=C[C@](C)(CCC3OC3(C)C)[C@@H](O)CC2)CC[C@H]1O. The minimum Gasteiger partial charge on any atom is -0.392 e. The number of epoxide rings is 2. The summed E-state index contributed by atoms with van der Waals surface area (Å²) in [5.74, 6) is 0. The first-order valence-electron chi connectivity index (χ1n) is 13.3. The number of allylic oxidation sites excluding steroid dienone is 6. The predicted molar refractivity (Wildman–Crippen MR) is 138 cm³/mol. The second-order valence-corrected chi connectivity index (χ2v) is 12.8. The molecular formula is C30H46O4. The van der Waals surface area contributed by atoms with E-state index in [0.717, 1.165) is 51.4 Å². The van der Waals surface area contributed by atoms with Crippen LogP contribution >= 0.6 is 0 Å². The summed E-state index contributed by atoms with van der Waals surface area (Å²) >= 11 is 0. The van der Waals surface area contributed by atoms with E-state index in [2.05, 4.69) is 78.0 Å². The lowest BCUT2D eigenvalue weighted by molar-refractivity contribution is 0.0474. The van der Waals surface area contributed by atoms with E-state index >= 15 is 0 Å². The fourth-order valence-corrected chi connectivity index (χ4v) is 5.91. The van der Waals surface area contributed by atoms with Crippen molar-refractivity contribution in [2.24, 2.45) is 10.8 Å². The summed E-state index contributed by atoms with van der Waals surface area (Å²) in [6.45, 7) is 12.9. The van der Waals surface area contributed by atoms with E-state index in [-0.39, 0.29) is 34.2 Å². The van der Waals surface area contributed by atoms with Gasteiger partial charge in [-0.05, 0) is 79.1 Å². The molecule has 4 rings (SSSR count). The Morgan fingerprint density at radius 1 is 0.735 bits per heavy atom. The Hall–Kier alpha value is -1.20. The molecule has 0 aromatic rings. The van der Waals surface area contributed by atoms with Gasteiger partial charge in [0.15, 0.2) is 0 Å². The Morgan fingerprint density at radius 2 is 1.09 bits per heavy atom. The molecule has 0 aromatic carbocycles. The normalized spacial score (nSPS) is 40.9. The molecule has 0 amide bonds. The fraction of sp³-hybridized carbons (Fsp3) is 0.733. The molecular weight excluding hydrogens is 424 g/mol. The van der Waals surface area contributed by atoms with E-state index in [4.69, 9.17) is 9.47 Å². The van der Waals surface area contributed by atoms with Gasteiger partial charge >= 0.3 is 0 Å². The zero-order chi connectivity index (χ0) is 24.8. The van der Waals surface area contributed by atoms with E-state index in [1.807, 2.05) is 0 Å². The molecule has 2 unspecified atom stereocenters. The molecule has 0 saturated carbocycles. The molecule has 4 heteroatoms. The van der Waals surface area contributed by atoms with Gasteiger partial charge in [0.25, 0.3) is 0 Å². The van der Waals surface area contributed by atoms with Crippen LogP contribution in [0, 0.1) is 10.8 Å². The molecule has 4 aliphatic rings. The minimum atomic E-state index is -0.287. The highest BCUT2D eigenvalue weighted by atomic mass is 16.6. The van der Waals surface area contributed by atoms with Crippen LogP contribution in [0.3, 0.4) is 0 Å². The van der Waals surface area contributed by atoms with Crippen molar-refractivity contribution in [2.75, 3.05) is 0 Å². The van der Waals surface area contributed by atoms with Crippen LogP contribution in [0.1, 0.15) is 92.9 Å². The van der Waals surface area contributed by atoms with Crippen molar-refractivity contribution < 1.29 is 19.7 Å². The van der Waals surface area contributed by atoms with Gasteiger partial charge in [-0.2, -0.15) is 0 Å². The highest BCUT2D eigenvalue weighted by molar-refractivity contribution is 5.32. The minimum absolute atomic E-state index is 0.00934. The van der Waals surface area contributed by atoms with E-state index in [1.54, 1.807) is 0 Å². The molecule has 34 heavy (non-hydrogen) atoms. The average Bonchev–Trinajstić information content (AvgIpc) is 3.60. The van der Waals surface area contributed by atoms with Crippen LogP contribution < -0.4 is 0 Å². The first-order valence-corrected chi connectivity index (χ1v) is 13.3. The van der Waals surface area contributed by atoms with Crippen LogP contribution in [0.5, 0.6) is 0 Å². The van der Waals surface area contributed by atoms with Gasteiger partial charge in [-0.3, -0.25) is 0 Å². The summed E-state index contributed by atoms with van der Waals surface area (Å²) in [5.41, 5.74) is 2.25. The van der Waals surface area contributed by atoms with Gasteiger partial charge in [0, 0.05) is 10.8 Å². The Morgan fingerprint density at radius 3 is 1.41 bits per heavy atom. The van der Waals surface area contributed by atoms with Crippen LogP contribution in [-0.2, 0) is 9.47 Å². The van der Waals surface area contributed by atoms with Crippen LogP contribution in [0.2, 0.25) is 0 Å². The molecule has 2 aliphatic heterocycles. The Labute approximate surface area is 206 Å². The van der Waals surface area contributed by atoms with Crippen molar-refractivity contribution in [3.05, 3.63) is 47.6 Å². The van der Waals surface area contributed by atoms with Crippen molar-refractivity contribution in [1.82, 2.24) is 0 Å². The highest BCUT2D eigenvalue weighted by Crippen LogP contribution is 2.46. The second kappa shape index (κ2) is 9.35. The van der Waals surface area contributed by atoms with E-state index < -0.39 is 0 Å². The Bertz CT molecular complexity index is 806. The molecule has 6 atom stereocenters. The third-order valence-electron chi connectivity index (χ3n) is 8.92. The average molecular weight is 471 g/mol. The lowest BCUT2D eigenvalue weighted by atomic mass is 9.72. The molecule has 0 radical (unpaired) electrons. The standard InChI is InChI=1S/C30H46O4/c1-27(2)25(33-27)15-17-29(5)19-21(11-13-23(29)31)9-7-8-10-22-12-14-24(32)30(6,20-22)18-16-26-28(3,4)34-26/h7-10,19-20,23-26,31-32H,11-18H2,1-6H3/b9-7+,10-8+/t23-,24+,25?,26?,29-,30+. The van der Waals surface area contributed by atoms with Crippen molar-refractivity contribution >= 4 is 0 Å².